The molecule has 1 aliphatic heterocycles. The molecular formula is C7H13NO6S2. The normalized spacial score (nSPS) is 26.4. The largest absolute Gasteiger partial charge is 0.480 e. The van der Waals surface area contributed by atoms with Gasteiger partial charge in [0.2, 0.25) is 10.0 Å². The van der Waals surface area contributed by atoms with Crippen LogP contribution in [0.4, 0.5) is 0 Å². The van der Waals surface area contributed by atoms with Crippen LogP contribution in [-0.4, -0.2) is 50.7 Å². The van der Waals surface area contributed by atoms with Crippen LogP contribution in [0.5, 0.6) is 0 Å². The van der Waals surface area contributed by atoms with E-state index in [0.717, 1.165) is 0 Å². The lowest BCUT2D eigenvalue weighted by atomic mass is 10.4. The maximum absolute atomic E-state index is 11.6. The van der Waals surface area contributed by atoms with Crippen LogP contribution in [-0.2, 0) is 24.7 Å². The highest BCUT2D eigenvalue weighted by Crippen LogP contribution is 2.18. The van der Waals surface area contributed by atoms with Gasteiger partial charge in [-0.3, -0.25) is 4.79 Å². The Labute approximate surface area is 93.8 Å². The standard InChI is InChI=1S/C7H13NO6S2/c1-5(7(9)10)8-16(13,14)6-2-3-15(11,12)4-6/h5-6,8H,2-4H2,1H3,(H,9,10)/t5-,6?/m1/s1. The summed E-state index contributed by atoms with van der Waals surface area (Å²) < 4.78 is 47.3. The second-order valence-electron chi connectivity index (χ2n) is 3.75. The summed E-state index contributed by atoms with van der Waals surface area (Å²) in [4.78, 5) is 10.5. The molecule has 0 saturated carbocycles. The Morgan fingerprint density at radius 1 is 1.50 bits per heavy atom. The van der Waals surface area contributed by atoms with E-state index in [1.54, 1.807) is 0 Å². The van der Waals surface area contributed by atoms with Gasteiger partial charge in [0.25, 0.3) is 0 Å². The SMILES string of the molecule is C[C@@H](NS(=O)(=O)C1CCS(=O)(=O)C1)C(=O)O. The Hall–Kier alpha value is -0.670. The van der Waals surface area contributed by atoms with Crippen molar-refractivity contribution in [1.29, 1.82) is 0 Å². The Bertz CT molecular complexity index is 479. The quantitative estimate of drug-likeness (QED) is 0.647. The minimum atomic E-state index is -3.89. The van der Waals surface area contributed by atoms with Crippen LogP contribution >= 0.6 is 0 Å². The van der Waals surface area contributed by atoms with Gasteiger partial charge in [0, 0.05) is 0 Å². The lowest BCUT2D eigenvalue weighted by molar-refractivity contribution is -0.138. The van der Waals surface area contributed by atoms with E-state index in [4.69, 9.17) is 5.11 Å². The minimum Gasteiger partial charge on any atom is -0.480 e. The lowest BCUT2D eigenvalue weighted by Gasteiger charge is -2.13. The van der Waals surface area contributed by atoms with Gasteiger partial charge in [0.1, 0.15) is 6.04 Å². The van der Waals surface area contributed by atoms with Gasteiger partial charge in [-0.1, -0.05) is 0 Å². The molecule has 0 bridgehead atoms. The number of sulfone groups is 1. The first-order valence-electron chi connectivity index (χ1n) is 4.58. The fourth-order valence-electron chi connectivity index (χ4n) is 1.40. The van der Waals surface area contributed by atoms with Gasteiger partial charge in [-0.05, 0) is 13.3 Å². The van der Waals surface area contributed by atoms with E-state index in [9.17, 15) is 21.6 Å². The van der Waals surface area contributed by atoms with Gasteiger partial charge in [-0.2, -0.15) is 0 Å². The molecule has 0 aromatic rings. The van der Waals surface area contributed by atoms with Gasteiger partial charge >= 0.3 is 5.97 Å². The van der Waals surface area contributed by atoms with Crippen LogP contribution in [0.1, 0.15) is 13.3 Å². The maximum atomic E-state index is 11.6. The van der Waals surface area contributed by atoms with Crippen molar-refractivity contribution in [3.8, 4) is 0 Å². The second-order valence-corrected chi connectivity index (χ2v) is 7.97. The van der Waals surface area contributed by atoms with Crippen LogP contribution in [0.2, 0.25) is 0 Å². The molecule has 1 unspecified atom stereocenters. The van der Waals surface area contributed by atoms with Crippen molar-refractivity contribution in [2.75, 3.05) is 11.5 Å². The van der Waals surface area contributed by atoms with Crippen LogP contribution in [0.15, 0.2) is 0 Å². The highest BCUT2D eigenvalue weighted by Gasteiger charge is 2.38. The molecule has 2 atom stereocenters. The average Bonchev–Trinajstić information content (AvgIpc) is 2.45. The topological polar surface area (TPSA) is 118 Å². The molecular weight excluding hydrogens is 258 g/mol. The monoisotopic (exact) mass is 271 g/mol. The molecule has 0 aromatic carbocycles. The van der Waals surface area contributed by atoms with E-state index in [0.29, 0.717) is 0 Å². The van der Waals surface area contributed by atoms with Gasteiger partial charge < -0.3 is 5.11 Å². The second kappa shape index (κ2) is 4.30. The molecule has 1 saturated heterocycles. The first-order valence-corrected chi connectivity index (χ1v) is 7.95. The van der Waals surface area contributed by atoms with Crippen molar-refractivity contribution in [3.05, 3.63) is 0 Å². The highest BCUT2D eigenvalue weighted by atomic mass is 32.2. The number of rotatable bonds is 4. The van der Waals surface area contributed by atoms with Gasteiger partial charge in [0.05, 0.1) is 16.8 Å². The van der Waals surface area contributed by atoms with E-state index >= 15 is 0 Å². The van der Waals surface area contributed by atoms with Crippen molar-refractivity contribution < 1.29 is 26.7 Å². The zero-order valence-electron chi connectivity index (χ0n) is 8.58. The molecule has 16 heavy (non-hydrogen) atoms. The summed E-state index contributed by atoms with van der Waals surface area (Å²) in [7, 11) is -7.19. The van der Waals surface area contributed by atoms with Crippen molar-refractivity contribution in [2.24, 2.45) is 0 Å². The number of carboxylic acids is 1. The summed E-state index contributed by atoms with van der Waals surface area (Å²) in [5.74, 6) is -1.90. The van der Waals surface area contributed by atoms with Crippen molar-refractivity contribution in [3.63, 3.8) is 0 Å². The van der Waals surface area contributed by atoms with Crippen LogP contribution in [0.25, 0.3) is 0 Å². The van der Waals surface area contributed by atoms with Crippen molar-refractivity contribution in [2.45, 2.75) is 24.6 Å². The first kappa shape index (κ1) is 13.4. The minimum absolute atomic E-state index is 0.0179. The van der Waals surface area contributed by atoms with E-state index in [1.165, 1.54) is 6.92 Å². The van der Waals surface area contributed by atoms with E-state index in [1.807, 2.05) is 4.72 Å². The summed E-state index contributed by atoms with van der Waals surface area (Å²) in [6.07, 6.45) is 0.0179. The Morgan fingerprint density at radius 3 is 2.44 bits per heavy atom. The molecule has 0 radical (unpaired) electrons. The van der Waals surface area contributed by atoms with E-state index in [-0.39, 0.29) is 12.2 Å². The Kier molecular flexibility index (Phi) is 3.60. The third kappa shape index (κ3) is 3.16. The van der Waals surface area contributed by atoms with Gasteiger partial charge in [-0.15, -0.1) is 0 Å². The third-order valence-corrected chi connectivity index (χ3v) is 6.28. The lowest BCUT2D eigenvalue weighted by Crippen LogP contribution is -2.43. The molecule has 1 aliphatic rings. The highest BCUT2D eigenvalue weighted by molar-refractivity contribution is 7.95. The summed E-state index contributed by atoms with van der Waals surface area (Å²) >= 11 is 0. The zero-order chi connectivity index (χ0) is 12.6. The number of carbonyl (C=O) groups is 1. The number of nitrogens with one attached hydrogen (secondary N) is 1. The van der Waals surface area contributed by atoms with Crippen LogP contribution in [0, 0.1) is 0 Å². The maximum Gasteiger partial charge on any atom is 0.321 e. The van der Waals surface area contributed by atoms with Crippen LogP contribution < -0.4 is 4.72 Å². The fourth-order valence-corrected chi connectivity index (χ4v) is 5.64. The van der Waals surface area contributed by atoms with Crippen molar-refractivity contribution >= 4 is 25.8 Å². The van der Waals surface area contributed by atoms with E-state index in [2.05, 4.69) is 0 Å². The average molecular weight is 271 g/mol. The number of sulfonamides is 1. The zero-order valence-corrected chi connectivity index (χ0v) is 10.2. The number of hydrogen-bond acceptors (Lipinski definition) is 5. The smallest absolute Gasteiger partial charge is 0.321 e. The molecule has 94 valence electrons. The number of aliphatic carboxylic acids is 1. The van der Waals surface area contributed by atoms with Crippen molar-refractivity contribution in [1.82, 2.24) is 4.72 Å². The summed E-state index contributed by atoms with van der Waals surface area (Å²) in [6, 6.07) is -1.26. The predicted octanol–water partition coefficient (Wildman–Crippen LogP) is -1.43. The molecule has 1 fully saturated rings. The predicted molar refractivity (Wildman–Crippen MR) is 56.2 cm³/mol. The molecule has 1 rings (SSSR count). The molecule has 1 heterocycles. The molecule has 9 heteroatoms. The number of carboxylic acid groups (broad SMARTS) is 1. The Morgan fingerprint density at radius 2 is 2.06 bits per heavy atom. The molecule has 0 aromatic heterocycles. The van der Waals surface area contributed by atoms with E-state index < -0.39 is 42.9 Å². The molecule has 2 N–H and O–H groups in total. The summed E-state index contributed by atoms with van der Waals surface area (Å²) in [5.41, 5.74) is 0. The molecule has 0 amide bonds. The number of hydrogen-bond donors (Lipinski definition) is 2. The summed E-state index contributed by atoms with van der Waals surface area (Å²) in [6.45, 7) is 1.18. The molecule has 0 aliphatic carbocycles. The Balaban J connectivity index is 2.77. The molecule has 0 spiro atoms. The van der Waals surface area contributed by atoms with Gasteiger partial charge in [-0.25, -0.2) is 21.6 Å². The van der Waals surface area contributed by atoms with Gasteiger partial charge in [0.15, 0.2) is 9.84 Å². The fraction of sp³-hybridized carbons (Fsp3) is 0.857. The summed E-state index contributed by atoms with van der Waals surface area (Å²) in [5, 5.41) is 7.50. The first-order chi connectivity index (χ1) is 7.14. The molecule has 7 nitrogen and oxygen atoms in total. The van der Waals surface area contributed by atoms with Crippen LogP contribution in [0.3, 0.4) is 0 Å². The third-order valence-electron chi connectivity index (χ3n) is 2.34.